The lowest BCUT2D eigenvalue weighted by Crippen LogP contribution is -2.29. The molecule has 13 heavy (non-hydrogen) atoms. The van der Waals surface area contributed by atoms with E-state index in [0.717, 1.165) is 6.92 Å². The third-order valence-electron chi connectivity index (χ3n) is 0.856. The van der Waals surface area contributed by atoms with Crippen molar-refractivity contribution in [1.82, 2.24) is 0 Å². The Morgan fingerprint density at radius 3 is 2.23 bits per heavy atom. The van der Waals surface area contributed by atoms with Crippen LogP contribution in [0.4, 0.5) is 4.79 Å². The molecule has 0 saturated heterocycles. The van der Waals surface area contributed by atoms with Gasteiger partial charge in [0, 0.05) is 6.92 Å². The first kappa shape index (κ1) is 11.5. The summed E-state index contributed by atoms with van der Waals surface area (Å²) in [7, 11) is 0. The Morgan fingerprint density at radius 2 is 1.85 bits per heavy atom. The Morgan fingerprint density at radius 1 is 1.31 bits per heavy atom. The fraction of sp³-hybridized carbons (Fsp3) is 0.500. The predicted molar refractivity (Wildman–Crippen MR) is 36.3 cm³/mol. The van der Waals surface area contributed by atoms with Gasteiger partial charge in [0.25, 0.3) is 0 Å². The van der Waals surface area contributed by atoms with Gasteiger partial charge in [-0.15, -0.1) is 0 Å². The molecule has 0 saturated carbocycles. The van der Waals surface area contributed by atoms with Gasteiger partial charge in [0.2, 0.25) is 0 Å². The lowest BCUT2D eigenvalue weighted by atomic mass is 10.4. The van der Waals surface area contributed by atoms with Gasteiger partial charge < -0.3 is 19.7 Å². The minimum absolute atomic E-state index is 0.883. The Hall–Kier alpha value is -1.47. The molecule has 7 heteroatoms. The first-order valence-electron chi connectivity index (χ1n) is 3.20. The van der Waals surface area contributed by atoms with Gasteiger partial charge in [-0.2, -0.15) is 0 Å². The van der Waals surface area contributed by atoms with E-state index < -0.39 is 30.8 Å². The van der Waals surface area contributed by atoms with Gasteiger partial charge in [0.15, 0.2) is 6.10 Å². The van der Waals surface area contributed by atoms with Crippen LogP contribution in [-0.4, -0.2) is 41.0 Å². The summed E-state index contributed by atoms with van der Waals surface area (Å²) in [5, 5.41) is 16.8. The van der Waals surface area contributed by atoms with Crippen LogP contribution in [0.25, 0.3) is 0 Å². The average Bonchev–Trinajstić information content (AvgIpc) is 2.01. The standard InChI is InChI=1S/C6H8O7/c1-3(8)12-6(11)13-5(10)4(9)2-7/h4,7,9H,2H2,1H3. The van der Waals surface area contributed by atoms with Crippen LogP contribution in [-0.2, 0) is 19.1 Å². The van der Waals surface area contributed by atoms with Crippen molar-refractivity contribution in [3.05, 3.63) is 0 Å². The molecule has 0 rings (SSSR count). The van der Waals surface area contributed by atoms with Crippen molar-refractivity contribution < 1.29 is 34.1 Å². The van der Waals surface area contributed by atoms with Crippen LogP contribution in [0.5, 0.6) is 0 Å². The second-order valence-electron chi connectivity index (χ2n) is 1.96. The molecule has 0 aromatic carbocycles. The third kappa shape index (κ3) is 4.88. The maximum Gasteiger partial charge on any atom is 0.524 e. The van der Waals surface area contributed by atoms with Gasteiger partial charge in [0.1, 0.15) is 0 Å². The van der Waals surface area contributed by atoms with E-state index in [0.29, 0.717) is 0 Å². The van der Waals surface area contributed by atoms with E-state index in [2.05, 4.69) is 9.47 Å². The zero-order valence-electron chi connectivity index (χ0n) is 6.72. The molecule has 0 aliphatic rings. The molecule has 0 radical (unpaired) electrons. The van der Waals surface area contributed by atoms with E-state index in [-0.39, 0.29) is 0 Å². The molecule has 1 unspecified atom stereocenters. The fourth-order valence-electron chi connectivity index (χ4n) is 0.363. The number of hydrogen-bond acceptors (Lipinski definition) is 7. The first-order valence-corrected chi connectivity index (χ1v) is 3.20. The molecule has 0 spiro atoms. The number of carbonyl (C=O) groups is 3. The molecule has 0 aliphatic heterocycles. The van der Waals surface area contributed by atoms with Gasteiger partial charge in [-0.25, -0.2) is 9.59 Å². The average molecular weight is 192 g/mol. The fourth-order valence-corrected chi connectivity index (χ4v) is 0.363. The maximum absolute atomic E-state index is 10.5. The molecule has 0 heterocycles. The van der Waals surface area contributed by atoms with E-state index in [1.54, 1.807) is 0 Å². The summed E-state index contributed by atoms with van der Waals surface area (Å²) in [6.07, 6.45) is -3.36. The van der Waals surface area contributed by atoms with Crippen LogP contribution in [0.3, 0.4) is 0 Å². The molecule has 0 fully saturated rings. The Balaban J connectivity index is 3.92. The summed E-state index contributed by atoms with van der Waals surface area (Å²) in [5.41, 5.74) is 0. The minimum Gasteiger partial charge on any atom is -0.393 e. The highest BCUT2D eigenvalue weighted by Crippen LogP contribution is 1.91. The van der Waals surface area contributed by atoms with Crippen molar-refractivity contribution in [3.63, 3.8) is 0 Å². The topological polar surface area (TPSA) is 110 Å². The first-order chi connectivity index (χ1) is 5.97. The molecule has 0 aromatic rings. The molecular weight excluding hydrogens is 184 g/mol. The van der Waals surface area contributed by atoms with E-state index in [1.165, 1.54) is 0 Å². The summed E-state index contributed by atoms with van der Waals surface area (Å²) in [5.74, 6) is -2.33. The zero-order valence-corrected chi connectivity index (χ0v) is 6.72. The van der Waals surface area contributed by atoms with Gasteiger partial charge in [-0.05, 0) is 0 Å². The smallest absolute Gasteiger partial charge is 0.393 e. The summed E-state index contributed by atoms with van der Waals surface area (Å²) >= 11 is 0. The van der Waals surface area contributed by atoms with Crippen molar-refractivity contribution in [2.45, 2.75) is 13.0 Å². The minimum atomic E-state index is -1.82. The normalized spacial score (nSPS) is 11.6. The molecule has 0 aromatic heterocycles. The lowest BCUT2D eigenvalue weighted by Gasteiger charge is -2.04. The lowest BCUT2D eigenvalue weighted by molar-refractivity contribution is -0.153. The zero-order chi connectivity index (χ0) is 10.4. The summed E-state index contributed by atoms with van der Waals surface area (Å²) in [6, 6.07) is 0. The van der Waals surface area contributed by atoms with Gasteiger partial charge in [-0.1, -0.05) is 0 Å². The Kier molecular flexibility index (Phi) is 4.63. The van der Waals surface area contributed by atoms with Crippen molar-refractivity contribution >= 4 is 18.1 Å². The number of aliphatic hydroxyl groups is 2. The Labute approximate surface area is 72.9 Å². The summed E-state index contributed by atoms with van der Waals surface area (Å²) in [4.78, 5) is 31.1. The SMILES string of the molecule is CC(=O)OC(=O)OC(=O)C(O)CO. The van der Waals surface area contributed by atoms with Gasteiger partial charge in [-0.3, -0.25) is 4.79 Å². The highest BCUT2D eigenvalue weighted by molar-refractivity contribution is 5.89. The van der Waals surface area contributed by atoms with Crippen molar-refractivity contribution in [3.8, 4) is 0 Å². The molecule has 7 nitrogen and oxygen atoms in total. The molecule has 74 valence electrons. The van der Waals surface area contributed by atoms with Crippen molar-refractivity contribution in [2.24, 2.45) is 0 Å². The van der Waals surface area contributed by atoms with Crippen molar-refractivity contribution in [2.75, 3.05) is 6.61 Å². The maximum atomic E-state index is 10.5. The van der Waals surface area contributed by atoms with E-state index in [1.807, 2.05) is 0 Å². The molecule has 0 bridgehead atoms. The van der Waals surface area contributed by atoms with Gasteiger partial charge in [0.05, 0.1) is 6.61 Å². The number of carbonyl (C=O) groups excluding carboxylic acids is 3. The summed E-state index contributed by atoms with van der Waals surface area (Å²) in [6.45, 7) is 0.0559. The quantitative estimate of drug-likeness (QED) is 0.407. The largest absolute Gasteiger partial charge is 0.524 e. The van der Waals surface area contributed by atoms with Crippen LogP contribution >= 0.6 is 0 Å². The second-order valence-corrected chi connectivity index (χ2v) is 1.96. The summed E-state index contributed by atoms with van der Waals surface area (Å²) < 4.78 is 7.58. The van der Waals surface area contributed by atoms with Crippen molar-refractivity contribution in [1.29, 1.82) is 0 Å². The number of aliphatic hydroxyl groups excluding tert-OH is 2. The second kappa shape index (κ2) is 5.22. The highest BCUT2D eigenvalue weighted by atomic mass is 16.8. The van der Waals surface area contributed by atoms with E-state index in [9.17, 15) is 14.4 Å². The van der Waals surface area contributed by atoms with Crippen LogP contribution in [0.2, 0.25) is 0 Å². The van der Waals surface area contributed by atoms with Crippen LogP contribution in [0.15, 0.2) is 0 Å². The highest BCUT2D eigenvalue weighted by Gasteiger charge is 2.20. The molecule has 0 amide bonds. The number of esters is 2. The molecule has 1 atom stereocenters. The van der Waals surface area contributed by atoms with E-state index in [4.69, 9.17) is 10.2 Å². The number of hydrogen-bond donors (Lipinski definition) is 2. The van der Waals surface area contributed by atoms with Crippen LogP contribution < -0.4 is 0 Å². The molecule has 2 N–H and O–H groups in total. The molecular formula is C6H8O7. The number of ether oxygens (including phenoxy) is 2. The Bertz CT molecular complexity index is 221. The van der Waals surface area contributed by atoms with Crippen LogP contribution in [0, 0.1) is 0 Å². The predicted octanol–water partition coefficient (Wildman–Crippen LogP) is -1.43. The monoisotopic (exact) mass is 192 g/mol. The van der Waals surface area contributed by atoms with Gasteiger partial charge >= 0.3 is 18.1 Å². The molecule has 0 aliphatic carbocycles. The van der Waals surface area contributed by atoms with Crippen LogP contribution in [0.1, 0.15) is 6.92 Å². The number of rotatable bonds is 2. The third-order valence-corrected chi connectivity index (χ3v) is 0.856. The van der Waals surface area contributed by atoms with E-state index >= 15 is 0 Å².